The fraction of sp³-hybridized carbons (Fsp3) is 0.462. The summed E-state index contributed by atoms with van der Waals surface area (Å²) in [6, 6.07) is 0.844. The Morgan fingerprint density at radius 1 is 1.57 bits per heavy atom. The van der Waals surface area contributed by atoms with Gasteiger partial charge in [-0.3, -0.25) is 15.1 Å². The van der Waals surface area contributed by atoms with Gasteiger partial charge in [0.25, 0.3) is 0 Å². The van der Waals surface area contributed by atoms with Crippen LogP contribution in [0.4, 0.5) is 0 Å². The average molecular weight is 342 g/mol. The Balaban J connectivity index is 2.85. The molecule has 1 heterocycles. The summed E-state index contributed by atoms with van der Waals surface area (Å²) in [6.07, 6.45) is 4.31. The summed E-state index contributed by atoms with van der Waals surface area (Å²) < 4.78 is 26.3. The van der Waals surface area contributed by atoms with Crippen LogP contribution in [0.1, 0.15) is 20.3 Å². The van der Waals surface area contributed by atoms with Crippen molar-refractivity contribution < 1.29 is 13.3 Å². The minimum Gasteiger partial charge on any atom is -0.264 e. The zero-order chi connectivity index (χ0) is 17.5. The van der Waals surface area contributed by atoms with Crippen LogP contribution in [0.2, 0.25) is 0 Å². The second kappa shape index (κ2) is 8.44. The summed E-state index contributed by atoms with van der Waals surface area (Å²) in [5, 5.41) is 13.6. The van der Waals surface area contributed by atoms with E-state index in [4.69, 9.17) is 0 Å². The molecule has 0 spiro atoms. The van der Waals surface area contributed by atoms with Gasteiger partial charge in [0, 0.05) is 36.4 Å². The Bertz CT molecular complexity index is 675. The van der Waals surface area contributed by atoms with Gasteiger partial charge in [0.1, 0.15) is 10.9 Å². The zero-order valence-electron chi connectivity index (χ0n) is 12.7. The molecule has 0 radical (unpaired) electrons. The molecular formula is C13H18N4O5S. The van der Waals surface area contributed by atoms with Gasteiger partial charge in [-0.05, 0) is 24.6 Å². The molecule has 126 valence electrons. The third-order valence-electron chi connectivity index (χ3n) is 3.23. The van der Waals surface area contributed by atoms with Crippen LogP contribution in [0.15, 0.2) is 46.2 Å². The number of nitroso groups, excluding NO2 is 1. The number of hydrogen-bond acceptors (Lipinski definition) is 7. The van der Waals surface area contributed by atoms with Crippen LogP contribution < -0.4 is 4.72 Å². The molecule has 0 saturated carbocycles. The zero-order valence-corrected chi connectivity index (χ0v) is 13.6. The van der Waals surface area contributed by atoms with Gasteiger partial charge in [-0.15, -0.1) is 0 Å². The van der Waals surface area contributed by atoms with E-state index in [0.29, 0.717) is 12.0 Å². The second-order valence-corrected chi connectivity index (χ2v) is 6.54. The van der Waals surface area contributed by atoms with Gasteiger partial charge in [-0.1, -0.05) is 12.1 Å². The lowest BCUT2D eigenvalue weighted by molar-refractivity contribution is -0.508. The van der Waals surface area contributed by atoms with Gasteiger partial charge in [0.05, 0.1) is 0 Å². The van der Waals surface area contributed by atoms with E-state index in [1.165, 1.54) is 37.5 Å². The van der Waals surface area contributed by atoms with Crippen molar-refractivity contribution in [2.45, 2.75) is 37.2 Å². The molecular weight excluding hydrogens is 324 g/mol. The van der Waals surface area contributed by atoms with Gasteiger partial charge < -0.3 is 0 Å². The highest BCUT2D eigenvalue weighted by Crippen LogP contribution is 2.13. The van der Waals surface area contributed by atoms with Crippen molar-refractivity contribution >= 4 is 10.0 Å². The third-order valence-corrected chi connectivity index (χ3v) is 4.64. The molecule has 0 bridgehead atoms. The molecule has 2 unspecified atom stereocenters. The number of sulfonamides is 1. The SMILES string of the molecule is CCC(=CC(CNS(=O)(=O)c1cccnc1)N=O)C(C)[N+](=O)[O-]. The van der Waals surface area contributed by atoms with E-state index < -0.39 is 27.0 Å². The van der Waals surface area contributed by atoms with E-state index in [1.54, 1.807) is 6.92 Å². The number of nitrogens with one attached hydrogen (secondary N) is 1. The van der Waals surface area contributed by atoms with E-state index in [9.17, 15) is 23.4 Å². The second-order valence-electron chi connectivity index (χ2n) is 4.77. The van der Waals surface area contributed by atoms with Crippen LogP contribution in [0, 0.1) is 15.0 Å². The number of aromatic nitrogens is 1. The van der Waals surface area contributed by atoms with Crippen LogP contribution >= 0.6 is 0 Å². The van der Waals surface area contributed by atoms with Crippen LogP contribution in [-0.2, 0) is 10.0 Å². The molecule has 0 aliphatic carbocycles. The largest absolute Gasteiger partial charge is 0.264 e. The first-order valence-electron chi connectivity index (χ1n) is 6.88. The fourth-order valence-corrected chi connectivity index (χ4v) is 2.86. The number of nitrogens with zero attached hydrogens (tertiary/aromatic N) is 3. The van der Waals surface area contributed by atoms with Crippen molar-refractivity contribution in [3.8, 4) is 0 Å². The van der Waals surface area contributed by atoms with E-state index in [1.807, 2.05) is 0 Å². The third kappa shape index (κ3) is 5.49. The summed E-state index contributed by atoms with van der Waals surface area (Å²) in [5.74, 6) is 0. The summed E-state index contributed by atoms with van der Waals surface area (Å²) in [7, 11) is -3.82. The van der Waals surface area contributed by atoms with Crippen molar-refractivity contribution in [2.24, 2.45) is 5.18 Å². The van der Waals surface area contributed by atoms with Gasteiger partial charge in [-0.2, -0.15) is 4.91 Å². The van der Waals surface area contributed by atoms with Crippen molar-refractivity contribution in [3.63, 3.8) is 0 Å². The summed E-state index contributed by atoms with van der Waals surface area (Å²) in [4.78, 5) is 24.9. The number of nitro groups is 1. The molecule has 0 aliphatic rings. The lowest BCUT2D eigenvalue weighted by Gasteiger charge is -2.11. The van der Waals surface area contributed by atoms with Crippen molar-refractivity contribution in [2.75, 3.05) is 6.54 Å². The van der Waals surface area contributed by atoms with Crippen molar-refractivity contribution in [1.29, 1.82) is 0 Å². The number of rotatable bonds is 9. The van der Waals surface area contributed by atoms with Crippen LogP contribution in [0.5, 0.6) is 0 Å². The Kier molecular flexibility index (Phi) is 6.91. The standard InChI is InChI=1S/C13H18N4O5S/c1-3-11(10(2)17(19)20)7-12(16-18)8-15-23(21,22)13-5-4-6-14-9-13/h4-7,9-10,12,15H,3,8H2,1-2H3. The monoisotopic (exact) mass is 342 g/mol. The molecule has 0 saturated heterocycles. The molecule has 1 N–H and O–H groups in total. The Morgan fingerprint density at radius 3 is 2.74 bits per heavy atom. The molecule has 23 heavy (non-hydrogen) atoms. The minimum absolute atomic E-state index is 0.0389. The van der Waals surface area contributed by atoms with Crippen LogP contribution in [0.25, 0.3) is 0 Å². The van der Waals surface area contributed by atoms with Gasteiger partial charge in [0.2, 0.25) is 16.1 Å². The highest BCUT2D eigenvalue weighted by atomic mass is 32.2. The van der Waals surface area contributed by atoms with Crippen molar-refractivity contribution in [1.82, 2.24) is 9.71 Å². The highest BCUT2D eigenvalue weighted by molar-refractivity contribution is 7.89. The first-order valence-corrected chi connectivity index (χ1v) is 8.36. The summed E-state index contributed by atoms with van der Waals surface area (Å²) in [6.45, 7) is 2.83. The normalized spacial score (nSPS) is 15.0. The van der Waals surface area contributed by atoms with Crippen LogP contribution in [-0.4, -0.2) is 37.0 Å². The lowest BCUT2D eigenvalue weighted by atomic mass is 10.0. The molecule has 0 aliphatic heterocycles. The maximum absolute atomic E-state index is 12.0. The topological polar surface area (TPSA) is 132 Å². The van der Waals surface area contributed by atoms with E-state index in [0.717, 1.165) is 0 Å². The molecule has 1 aromatic heterocycles. The molecule has 1 aromatic rings. The number of hydrogen-bond donors (Lipinski definition) is 1. The number of pyridine rings is 1. The molecule has 0 fully saturated rings. The molecule has 9 nitrogen and oxygen atoms in total. The predicted molar refractivity (Wildman–Crippen MR) is 83.8 cm³/mol. The van der Waals surface area contributed by atoms with E-state index >= 15 is 0 Å². The van der Waals surface area contributed by atoms with Gasteiger partial charge >= 0.3 is 0 Å². The molecule has 10 heteroatoms. The quantitative estimate of drug-likeness (QED) is 0.313. The maximum Gasteiger partial charge on any atom is 0.242 e. The van der Waals surface area contributed by atoms with Gasteiger partial charge in [-0.25, -0.2) is 13.1 Å². The molecule has 1 rings (SSSR count). The van der Waals surface area contributed by atoms with E-state index in [-0.39, 0.29) is 11.4 Å². The maximum atomic E-state index is 12.0. The van der Waals surface area contributed by atoms with E-state index in [2.05, 4.69) is 14.9 Å². The predicted octanol–water partition coefficient (Wildman–Crippen LogP) is 1.50. The molecule has 2 atom stereocenters. The Labute approximate surface area is 134 Å². The highest BCUT2D eigenvalue weighted by Gasteiger charge is 2.21. The average Bonchev–Trinajstić information content (AvgIpc) is 2.55. The summed E-state index contributed by atoms with van der Waals surface area (Å²) >= 11 is 0. The lowest BCUT2D eigenvalue weighted by Crippen LogP contribution is -2.31. The fourth-order valence-electron chi connectivity index (χ4n) is 1.85. The van der Waals surface area contributed by atoms with Crippen molar-refractivity contribution in [3.05, 3.63) is 51.2 Å². The van der Waals surface area contributed by atoms with Crippen LogP contribution in [0.3, 0.4) is 0 Å². The Morgan fingerprint density at radius 2 is 2.26 bits per heavy atom. The first-order chi connectivity index (χ1) is 10.8. The molecule has 0 aromatic carbocycles. The molecule has 0 amide bonds. The Hall–Kier alpha value is -2.20. The summed E-state index contributed by atoms with van der Waals surface area (Å²) in [5.41, 5.74) is 0.417. The first kappa shape index (κ1) is 18.8. The minimum atomic E-state index is -3.82. The van der Waals surface area contributed by atoms with Gasteiger partial charge in [0.15, 0.2) is 0 Å². The smallest absolute Gasteiger partial charge is 0.242 e.